The average molecular weight is 369 g/mol. The fourth-order valence-corrected chi connectivity index (χ4v) is 3.03. The Kier molecular flexibility index (Phi) is 4.97. The second-order valence-corrected chi connectivity index (χ2v) is 6.34. The third-order valence-corrected chi connectivity index (χ3v) is 4.54. The second-order valence-electron chi connectivity index (χ2n) is 6.34. The van der Waals surface area contributed by atoms with Crippen LogP contribution in [0.2, 0.25) is 0 Å². The van der Waals surface area contributed by atoms with Gasteiger partial charge in [0, 0.05) is 29.9 Å². The van der Waals surface area contributed by atoms with Crippen LogP contribution < -0.4 is 10.1 Å². The van der Waals surface area contributed by atoms with Crippen molar-refractivity contribution >= 4 is 16.8 Å². The van der Waals surface area contributed by atoms with Crippen LogP contribution in [0.3, 0.4) is 0 Å². The van der Waals surface area contributed by atoms with E-state index in [-0.39, 0.29) is 5.91 Å². The molecule has 0 spiro atoms. The number of pyridine rings is 2. The molecule has 0 fully saturated rings. The number of aromatic nitrogens is 2. The molecule has 0 aliphatic carbocycles. The molecule has 0 atom stereocenters. The fraction of sp³-hybridized carbons (Fsp3) is 0.0870. The number of nitrogens with zero attached hydrogens (tertiary/aromatic N) is 2. The van der Waals surface area contributed by atoms with Gasteiger partial charge >= 0.3 is 0 Å². The zero-order valence-electron chi connectivity index (χ0n) is 15.4. The molecule has 2 aromatic heterocycles. The monoisotopic (exact) mass is 369 g/mol. The predicted molar refractivity (Wildman–Crippen MR) is 109 cm³/mol. The van der Waals surface area contributed by atoms with Crippen molar-refractivity contribution in [2.75, 3.05) is 7.11 Å². The number of carbonyl (C=O) groups is 1. The summed E-state index contributed by atoms with van der Waals surface area (Å²) in [4.78, 5) is 21.8. The Morgan fingerprint density at radius 2 is 1.82 bits per heavy atom. The molecule has 0 bridgehead atoms. The quantitative estimate of drug-likeness (QED) is 0.572. The molecule has 5 heteroatoms. The van der Waals surface area contributed by atoms with E-state index in [0.717, 1.165) is 33.5 Å². The molecule has 0 aliphatic heterocycles. The number of hydrogen-bond acceptors (Lipinski definition) is 4. The predicted octanol–water partition coefficient (Wildman–Crippen LogP) is 4.24. The van der Waals surface area contributed by atoms with Gasteiger partial charge in [-0.05, 0) is 29.8 Å². The van der Waals surface area contributed by atoms with Crippen LogP contribution in [-0.2, 0) is 6.54 Å². The number of benzene rings is 2. The lowest BCUT2D eigenvalue weighted by Gasteiger charge is -2.11. The summed E-state index contributed by atoms with van der Waals surface area (Å²) in [5, 5.41) is 3.72. The van der Waals surface area contributed by atoms with E-state index in [9.17, 15) is 4.79 Å². The lowest BCUT2D eigenvalue weighted by Crippen LogP contribution is -2.23. The number of hydrogen-bond donors (Lipinski definition) is 1. The maximum atomic E-state index is 12.9. The average Bonchev–Trinajstić information content (AvgIpc) is 2.77. The molecule has 1 amide bonds. The van der Waals surface area contributed by atoms with Gasteiger partial charge in [-0.3, -0.25) is 9.78 Å². The molecule has 2 aromatic carbocycles. The smallest absolute Gasteiger partial charge is 0.252 e. The SMILES string of the molecule is COc1ccc(CNC(=O)c2cc(-c3ccccc3)nc3ccncc23)cc1. The molecule has 28 heavy (non-hydrogen) atoms. The van der Waals surface area contributed by atoms with Crippen molar-refractivity contribution in [2.45, 2.75) is 6.54 Å². The van der Waals surface area contributed by atoms with Crippen molar-refractivity contribution in [3.05, 3.63) is 90.3 Å². The fourth-order valence-electron chi connectivity index (χ4n) is 3.03. The first kappa shape index (κ1) is 17.7. The third-order valence-electron chi connectivity index (χ3n) is 4.54. The number of ether oxygens (including phenoxy) is 1. The van der Waals surface area contributed by atoms with Gasteiger partial charge < -0.3 is 10.1 Å². The highest BCUT2D eigenvalue weighted by molar-refractivity contribution is 6.06. The van der Waals surface area contributed by atoms with Gasteiger partial charge in [0.25, 0.3) is 5.91 Å². The van der Waals surface area contributed by atoms with Crippen LogP contribution in [0.4, 0.5) is 0 Å². The van der Waals surface area contributed by atoms with Crippen molar-refractivity contribution in [3.8, 4) is 17.0 Å². The highest BCUT2D eigenvalue weighted by Crippen LogP contribution is 2.24. The van der Waals surface area contributed by atoms with E-state index in [4.69, 9.17) is 9.72 Å². The maximum Gasteiger partial charge on any atom is 0.252 e. The van der Waals surface area contributed by atoms with Crippen LogP contribution in [-0.4, -0.2) is 23.0 Å². The first-order chi connectivity index (χ1) is 13.7. The number of fused-ring (bicyclic) bond motifs is 1. The number of nitrogens with one attached hydrogen (secondary N) is 1. The Bertz CT molecular complexity index is 1110. The van der Waals surface area contributed by atoms with Crippen LogP contribution in [0.25, 0.3) is 22.2 Å². The number of amides is 1. The summed E-state index contributed by atoms with van der Waals surface area (Å²) < 4.78 is 5.17. The van der Waals surface area contributed by atoms with Crippen molar-refractivity contribution in [2.24, 2.45) is 0 Å². The molecule has 4 aromatic rings. The molecule has 138 valence electrons. The molecule has 2 heterocycles. The van der Waals surface area contributed by atoms with Gasteiger partial charge in [0.1, 0.15) is 5.75 Å². The summed E-state index contributed by atoms with van der Waals surface area (Å²) in [6.07, 6.45) is 3.36. The van der Waals surface area contributed by atoms with Gasteiger partial charge in [-0.1, -0.05) is 42.5 Å². The number of carbonyl (C=O) groups excluding carboxylic acids is 1. The summed E-state index contributed by atoms with van der Waals surface area (Å²) in [6, 6.07) is 21.1. The molecule has 0 saturated heterocycles. The van der Waals surface area contributed by atoms with Gasteiger partial charge in [-0.15, -0.1) is 0 Å². The van der Waals surface area contributed by atoms with Crippen LogP contribution >= 0.6 is 0 Å². The minimum atomic E-state index is -0.159. The van der Waals surface area contributed by atoms with Gasteiger partial charge in [0.15, 0.2) is 0 Å². The van der Waals surface area contributed by atoms with E-state index in [1.165, 1.54) is 0 Å². The van der Waals surface area contributed by atoms with E-state index >= 15 is 0 Å². The number of rotatable bonds is 5. The third kappa shape index (κ3) is 3.69. The van der Waals surface area contributed by atoms with Crippen LogP contribution in [0, 0.1) is 0 Å². The van der Waals surface area contributed by atoms with Crippen molar-refractivity contribution < 1.29 is 9.53 Å². The van der Waals surface area contributed by atoms with E-state index in [0.29, 0.717) is 12.1 Å². The van der Waals surface area contributed by atoms with Gasteiger partial charge in [0.2, 0.25) is 0 Å². The molecule has 1 N–H and O–H groups in total. The lowest BCUT2D eigenvalue weighted by molar-refractivity contribution is 0.0952. The second kappa shape index (κ2) is 7.88. The summed E-state index contributed by atoms with van der Waals surface area (Å²) in [7, 11) is 1.63. The van der Waals surface area contributed by atoms with Gasteiger partial charge in [0.05, 0.1) is 23.9 Å². The molecule has 0 aliphatic rings. The van der Waals surface area contributed by atoms with Crippen molar-refractivity contribution in [1.29, 1.82) is 0 Å². The van der Waals surface area contributed by atoms with Crippen LogP contribution in [0.15, 0.2) is 79.1 Å². The highest BCUT2D eigenvalue weighted by Gasteiger charge is 2.14. The largest absolute Gasteiger partial charge is 0.497 e. The summed E-state index contributed by atoms with van der Waals surface area (Å²) in [6.45, 7) is 0.424. The highest BCUT2D eigenvalue weighted by atomic mass is 16.5. The Morgan fingerprint density at radius 1 is 1.04 bits per heavy atom. The molecular weight excluding hydrogens is 350 g/mol. The summed E-state index contributed by atoms with van der Waals surface area (Å²) in [5.74, 6) is 0.627. The van der Waals surface area contributed by atoms with Crippen molar-refractivity contribution in [1.82, 2.24) is 15.3 Å². The van der Waals surface area contributed by atoms with E-state index in [1.54, 1.807) is 19.5 Å². The summed E-state index contributed by atoms with van der Waals surface area (Å²) >= 11 is 0. The zero-order chi connectivity index (χ0) is 19.3. The first-order valence-corrected chi connectivity index (χ1v) is 8.96. The zero-order valence-corrected chi connectivity index (χ0v) is 15.4. The Balaban J connectivity index is 1.65. The standard InChI is InChI=1S/C23H19N3O2/c1-28-18-9-7-16(8-10-18)14-25-23(27)19-13-22(17-5-3-2-4-6-17)26-21-11-12-24-15-20(19)21/h2-13,15H,14H2,1H3,(H,25,27). The minimum Gasteiger partial charge on any atom is -0.497 e. The number of methoxy groups -OCH3 is 1. The van der Waals surface area contributed by atoms with Gasteiger partial charge in [-0.2, -0.15) is 0 Å². The van der Waals surface area contributed by atoms with E-state index < -0.39 is 0 Å². The van der Waals surface area contributed by atoms with Gasteiger partial charge in [-0.25, -0.2) is 4.98 Å². The molecule has 5 nitrogen and oxygen atoms in total. The van der Waals surface area contributed by atoms with Crippen molar-refractivity contribution in [3.63, 3.8) is 0 Å². The molecular formula is C23H19N3O2. The molecule has 4 rings (SSSR count). The lowest BCUT2D eigenvalue weighted by atomic mass is 10.0. The molecule has 0 radical (unpaired) electrons. The minimum absolute atomic E-state index is 0.159. The first-order valence-electron chi connectivity index (χ1n) is 8.96. The Labute approximate surface area is 163 Å². The topological polar surface area (TPSA) is 64.1 Å². The maximum absolute atomic E-state index is 12.9. The Hall–Kier alpha value is -3.73. The summed E-state index contributed by atoms with van der Waals surface area (Å²) in [5.41, 5.74) is 4.02. The molecule has 0 saturated carbocycles. The molecule has 0 unspecified atom stereocenters. The Morgan fingerprint density at radius 3 is 2.57 bits per heavy atom. The van der Waals surface area contributed by atoms with E-state index in [2.05, 4.69) is 10.3 Å². The van der Waals surface area contributed by atoms with Crippen LogP contribution in [0.5, 0.6) is 5.75 Å². The van der Waals surface area contributed by atoms with E-state index in [1.807, 2.05) is 66.7 Å². The normalized spacial score (nSPS) is 10.6. The van der Waals surface area contributed by atoms with Crippen LogP contribution in [0.1, 0.15) is 15.9 Å².